The van der Waals surface area contributed by atoms with Gasteiger partial charge in [0.2, 0.25) is 5.91 Å². The Balaban J connectivity index is 2.30. The number of nitrogens with zero attached hydrogens (tertiary/aromatic N) is 1. The van der Waals surface area contributed by atoms with Crippen LogP contribution in [0.4, 0.5) is 10.1 Å². The topological polar surface area (TPSA) is 58.4 Å². The molecule has 5 heteroatoms. The number of hydrogen-bond donors (Lipinski definition) is 2. The molecule has 2 rings (SSSR count). The highest BCUT2D eigenvalue weighted by Crippen LogP contribution is 2.30. The number of carbonyl (C=O) groups is 1. The highest BCUT2D eigenvalue weighted by molar-refractivity contribution is 5.84. The minimum absolute atomic E-state index is 0.245. The molecule has 20 heavy (non-hydrogen) atoms. The van der Waals surface area contributed by atoms with E-state index in [-0.39, 0.29) is 23.8 Å². The number of primary amides is 1. The molecular formula is C15H22FN3O. The Morgan fingerprint density at radius 1 is 1.55 bits per heavy atom. The van der Waals surface area contributed by atoms with E-state index in [1.165, 1.54) is 6.07 Å². The lowest BCUT2D eigenvalue weighted by Gasteiger charge is -2.27. The average Bonchev–Trinajstić information content (AvgIpc) is 2.86. The lowest BCUT2D eigenvalue weighted by atomic mass is 10.1. The zero-order chi connectivity index (χ0) is 14.7. The number of amides is 1. The highest BCUT2D eigenvalue weighted by Gasteiger charge is 2.30. The maximum absolute atomic E-state index is 14.1. The fourth-order valence-corrected chi connectivity index (χ4v) is 2.65. The van der Waals surface area contributed by atoms with E-state index in [9.17, 15) is 9.18 Å². The van der Waals surface area contributed by atoms with Gasteiger partial charge in [0.1, 0.15) is 11.9 Å². The van der Waals surface area contributed by atoms with Crippen molar-refractivity contribution in [2.24, 2.45) is 5.73 Å². The van der Waals surface area contributed by atoms with Gasteiger partial charge >= 0.3 is 0 Å². The first kappa shape index (κ1) is 14.8. The maximum Gasteiger partial charge on any atom is 0.240 e. The van der Waals surface area contributed by atoms with Crippen molar-refractivity contribution in [2.45, 2.75) is 45.3 Å². The van der Waals surface area contributed by atoms with Crippen LogP contribution in [0.5, 0.6) is 0 Å². The van der Waals surface area contributed by atoms with Crippen LogP contribution < -0.4 is 16.0 Å². The molecule has 4 nitrogen and oxygen atoms in total. The maximum atomic E-state index is 14.1. The van der Waals surface area contributed by atoms with Gasteiger partial charge in [-0.15, -0.1) is 0 Å². The molecule has 1 amide bonds. The molecule has 1 aliphatic rings. The van der Waals surface area contributed by atoms with E-state index < -0.39 is 0 Å². The molecule has 1 aliphatic heterocycles. The number of carbonyl (C=O) groups excluding carboxylic acids is 1. The van der Waals surface area contributed by atoms with Crippen molar-refractivity contribution in [3.63, 3.8) is 0 Å². The number of nitrogens with two attached hydrogens (primary N) is 1. The molecule has 1 atom stereocenters. The van der Waals surface area contributed by atoms with Crippen LogP contribution in [0.3, 0.4) is 0 Å². The van der Waals surface area contributed by atoms with E-state index >= 15 is 0 Å². The summed E-state index contributed by atoms with van der Waals surface area (Å²) >= 11 is 0. The molecule has 0 saturated carbocycles. The van der Waals surface area contributed by atoms with Crippen LogP contribution in [0.1, 0.15) is 32.3 Å². The van der Waals surface area contributed by atoms with Crippen molar-refractivity contribution in [3.8, 4) is 0 Å². The molecule has 0 spiro atoms. The highest BCUT2D eigenvalue weighted by atomic mass is 19.1. The monoisotopic (exact) mass is 279 g/mol. The first-order valence-electron chi connectivity index (χ1n) is 7.07. The number of rotatable bonds is 5. The summed E-state index contributed by atoms with van der Waals surface area (Å²) in [4.78, 5) is 13.5. The Bertz CT molecular complexity index is 490. The van der Waals surface area contributed by atoms with Crippen LogP contribution in [-0.4, -0.2) is 24.5 Å². The Kier molecular flexibility index (Phi) is 4.60. The summed E-state index contributed by atoms with van der Waals surface area (Å²) in [6.07, 6.45) is 1.64. The van der Waals surface area contributed by atoms with Crippen LogP contribution in [0.25, 0.3) is 0 Å². The van der Waals surface area contributed by atoms with Crippen molar-refractivity contribution >= 4 is 11.6 Å². The van der Waals surface area contributed by atoms with Crippen LogP contribution in [0, 0.1) is 5.82 Å². The summed E-state index contributed by atoms with van der Waals surface area (Å²) in [5.41, 5.74) is 6.83. The minimum atomic E-state index is -0.338. The van der Waals surface area contributed by atoms with E-state index in [1.807, 2.05) is 24.8 Å². The molecule has 1 saturated heterocycles. The Morgan fingerprint density at radius 2 is 2.30 bits per heavy atom. The zero-order valence-corrected chi connectivity index (χ0v) is 12.0. The minimum Gasteiger partial charge on any atom is -0.368 e. The molecule has 0 aliphatic carbocycles. The number of halogens is 1. The summed E-state index contributed by atoms with van der Waals surface area (Å²) in [5, 5.41) is 3.23. The van der Waals surface area contributed by atoms with Crippen LogP contribution in [-0.2, 0) is 11.3 Å². The van der Waals surface area contributed by atoms with Gasteiger partial charge in [0.05, 0.1) is 0 Å². The summed E-state index contributed by atoms with van der Waals surface area (Å²) in [6, 6.07) is 4.94. The van der Waals surface area contributed by atoms with Crippen LogP contribution in [0.2, 0.25) is 0 Å². The average molecular weight is 279 g/mol. The van der Waals surface area contributed by atoms with E-state index in [2.05, 4.69) is 5.32 Å². The standard InChI is InChI=1S/C15H22FN3O/c1-10(2)18-9-11-12(16)5-3-6-13(11)19-8-4-7-14(19)15(17)20/h3,5-6,10,14,18H,4,7-9H2,1-2H3,(H2,17,20). The second-order valence-electron chi connectivity index (χ2n) is 5.53. The summed E-state index contributed by atoms with van der Waals surface area (Å²) in [5.74, 6) is -0.583. The molecule has 1 aromatic carbocycles. The second-order valence-corrected chi connectivity index (χ2v) is 5.53. The largest absolute Gasteiger partial charge is 0.368 e. The van der Waals surface area contributed by atoms with Crippen molar-refractivity contribution in [1.29, 1.82) is 0 Å². The van der Waals surface area contributed by atoms with Gasteiger partial charge in [0, 0.05) is 30.4 Å². The fraction of sp³-hybridized carbons (Fsp3) is 0.533. The number of anilines is 1. The zero-order valence-electron chi connectivity index (χ0n) is 12.0. The molecule has 0 aromatic heterocycles. The van der Waals surface area contributed by atoms with Crippen molar-refractivity contribution in [2.75, 3.05) is 11.4 Å². The lowest BCUT2D eigenvalue weighted by molar-refractivity contribution is -0.119. The predicted molar refractivity (Wildman–Crippen MR) is 77.9 cm³/mol. The van der Waals surface area contributed by atoms with Crippen molar-refractivity contribution in [1.82, 2.24) is 5.32 Å². The molecule has 1 aromatic rings. The number of hydrogen-bond acceptors (Lipinski definition) is 3. The van der Waals surface area contributed by atoms with Crippen molar-refractivity contribution in [3.05, 3.63) is 29.6 Å². The van der Waals surface area contributed by atoms with Crippen LogP contribution in [0.15, 0.2) is 18.2 Å². The molecule has 1 fully saturated rings. The predicted octanol–water partition coefficient (Wildman–Crippen LogP) is 1.78. The molecule has 110 valence electrons. The third-order valence-electron chi connectivity index (χ3n) is 3.67. The Labute approximate surface area is 119 Å². The van der Waals surface area contributed by atoms with Gasteiger partial charge in [-0.3, -0.25) is 4.79 Å². The molecule has 1 unspecified atom stereocenters. The number of nitrogens with one attached hydrogen (secondary N) is 1. The molecule has 1 heterocycles. The van der Waals surface area contributed by atoms with E-state index in [0.717, 1.165) is 25.1 Å². The van der Waals surface area contributed by atoms with Gasteiger partial charge in [-0.25, -0.2) is 4.39 Å². The Morgan fingerprint density at radius 3 is 2.95 bits per heavy atom. The van der Waals surface area contributed by atoms with Crippen LogP contribution >= 0.6 is 0 Å². The van der Waals surface area contributed by atoms with Gasteiger partial charge in [0.25, 0.3) is 0 Å². The summed E-state index contributed by atoms with van der Waals surface area (Å²) in [7, 11) is 0. The third-order valence-corrected chi connectivity index (χ3v) is 3.67. The third kappa shape index (κ3) is 3.10. The summed E-state index contributed by atoms with van der Waals surface area (Å²) < 4.78 is 14.1. The van der Waals surface area contributed by atoms with Gasteiger partial charge in [0.15, 0.2) is 0 Å². The quantitative estimate of drug-likeness (QED) is 0.863. The lowest BCUT2D eigenvalue weighted by Crippen LogP contribution is -2.41. The van der Waals surface area contributed by atoms with Gasteiger partial charge < -0.3 is 16.0 Å². The molecular weight excluding hydrogens is 257 g/mol. The van der Waals surface area contributed by atoms with Gasteiger partial charge in [-0.2, -0.15) is 0 Å². The fourth-order valence-electron chi connectivity index (χ4n) is 2.65. The smallest absolute Gasteiger partial charge is 0.240 e. The molecule has 0 bridgehead atoms. The SMILES string of the molecule is CC(C)NCc1c(F)cccc1N1CCCC1C(N)=O. The van der Waals surface area contributed by atoms with E-state index in [4.69, 9.17) is 5.73 Å². The number of benzene rings is 1. The van der Waals surface area contributed by atoms with E-state index in [0.29, 0.717) is 12.1 Å². The van der Waals surface area contributed by atoms with Gasteiger partial charge in [-0.05, 0) is 25.0 Å². The molecule has 0 radical (unpaired) electrons. The van der Waals surface area contributed by atoms with Crippen molar-refractivity contribution < 1.29 is 9.18 Å². The Hall–Kier alpha value is -1.62. The van der Waals surface area contributed by atoms with E-state index in [1.54, 1.807) is 6.07 Å². The first-order valence-corrected chi connectivity index (χ1v) is 7.07. The summed E-state index contributed by atoms with van der Waals surface area (Å²) in [6.45, 7) is 5.22. The second kappa shape index (κ2) is 6.22. The normalized spacial score (nSPS) is 18.8. The molecule has 3 N–H and O–H groups in total. The van der Waals surface area contributed by atoms with Gasteiger partial charge in [-0.1, -0.05) is 19.9 Å². The first-order chi connectivity index (χ1) is 9.50.